The Hall–Kier alpha value is -0.630. The van der Waals surface area contributed by atoms with E-state index in [2.05, 4.69) is 26.8 Å². The van der Waals surface area contributed by atoms with Crippen LogP contribution in [0.15, 0.2) is 6.07 Å². The maximum Gasteiger partial charge on any atom is 0.173 e. The third kappa shape index (κ3) is 2.15. The van der Waals surface area contributed by atoms with Crippen LogP contribution in [-0.4, -0.2) is 5.78 Å². The number of ketones is 1. The fourth-order valence-corrected chi connectivity index (χ4v) is 3.17. The second kappa shape index (κ2) is 3.75. The van der Waals surface area contributed by atoms with Crippen LogP contribution >= 0.6 is 11.3 Å². The Morgan fingerprint density at radius 1 is 1.20 bits per heavy atom. The van der Waals surface area contributed by atoms with Gasteiger partial charge in [-0.3, -0.25) is 4.79 Å². The Bertz CT molecular complexity index is 382. The Labute approximate surface area is 95.5 Å². The van der Waals surface area contributed by atoms with Crippen molar-refractivity contribution in [3.8, 4) is 0 Å². The first-order valence-corrected chi connectivity index (χ1v) is 6.46. The molecule has 0 bridgehead atoms. The topological polar surface area (TPSA) is 17.1 Å². The number of carbonyl (C=O) groups is 1. The molecule has 0 fully saturated rings. The zero-order valence-electron chi connectivity index (χ0n) is 9.72. The molecule has 0 saturated carbocycles. The van der Waals surface area contributed by atoms with Crippen LogP contribution in [0.5, 0.6) is 0 Å². The SMILES string of the molecule is CC(C)(C)c1cc2c(s1)C(=O)CCCC2. The summed E-state index contributed by atoms with van der Waals surface area (Å²) in [6.07, 6.45) is 4.06. The van der Waals surface area contributed by atoms with Gasteiger partial charge in [0.15, 0.2) is 5.78 Å². The number of hydrogen-bond donors (Lipinski definition) is 0. The van der Waals surface area contributed by atoms with Crippen LogP contribution < -0.4 is 0 Å². The van der Waals surface area contributed by atoms with Crippen molar-refractivity contribution in [3.63, 3.8) is 0 Å². The fourth-order valence-electron chi connectivity index (χ4n) is 1.93. The fraction of sp³-hybridized carbons (Fsp3) is 0.615. The van der Waals surface area contributed by atoms with Gasteiger partial charge in [0.2, 0.25) is 0 Å². The Morgan fingerprint density at radius 2 is 1.87 bits per heavy atom. The van der Waals surface area contributed by atoms with Crippen molar-refractivity contribution in [2.75, 3.05) is 0 Å². The molecule has 82 valence electrons. The van der Waals surface area contributed by atoms with Crippen LogP contribution in [0.1, 0.15) is 60.1 Å². The van der Waals surface area contributed by atoms with Crippen molar-refractivity contribution >= 4 is 17.1 Å². The lowest BCUT2D eigenvalue weighted by molar-refractivity contribution is 0.0986. The maximum atomic E-state index is 11.9. The molecular formula is C13H18OS. The van der Waals surface area contributed by atoms with Gasteiger partial charge in [0.25, 0.3) is 0 Å². The molecule has 0 N–H and O–H groups in total. The molecule has 0 aliphatic heterocycles. The summed E-state index contributed by atoms with van der Waals surface area (Å²) in [5.41, 5.74) is 1.48. The molecule has 1 aliphatic rings. The standard InChI is InChI=1S/C13H18OS/c1-13(2,3)11-8-9-6-4-5-7-10(14)12(9)15-11/h8H,4-7H2,1-3H3. The van der Waals surface area contributed by atoms with E-state index in [1.54, 1.807) is 11.3 Å². The molecule has 1 aliphatic carbocycles. The van der Waals surface area contributed by atoms with E-state index in [1.165, 1.54) is 16.9 Å². The molecule has 0 radical (unpaired) electrons. The number of rotatable bonds is 0. The van der Waals surface area contributed by atoms with Crippen molar-refractivity contribution in [2.24, 2.45) is 0 Å². The summed E-state index contributed by atoms with van der Waals surface area (Å²) < 4.78 is 0. The minimum Gasteiger partial charge on any atom is -0.293 e. The second-order valence-corrected chi connectivity index (χ2v) is 6.40. The summed E-state index contributed by atoms with van der Waals surface area (Å²) in [7, 11) is 0. The monoisotopic (exact) mass is 222 g/mol. The predicted octanol–water partition coefficient (Wildman–Crippen LogP) is 3.95. The number of Topliss-reactive ketones (excluding diaryl/α,β-unsaturated/α-hetero) is 1. The van der Waals surface area contributed by atoms with Crippen molar-refractivity contribution in [1.29, 1.82) is 0 Å². The van der Waals surface area contributed by atoms with Gasteiger partial charge in [-0.15, -0.1) is 11.3 Å². The molecule has 0 amide bonds. The van der Waals surface area contributed by atoms with Gasteiger partial charge in [0, 0.05) is 11.3 Å². The highest BCUT2D eigenvalue weighted by molar-refractivity contribution is 7.14. The molecule has 0 unspecified atom stereocenters. The van der Waals surface area contributed by atoms with Crippen molar-refractivity contribution in [2.45, 2.75) is 51.9 Å². The molecule has 0 saturated heterocycles. The van der Waals surface area contributed by atoms with Gasteiger partial charge in [0.1, 0.15) is 0 Å². The van der Waals surface area contributed by atoms with E-state index < -0.39 is 0 Å². The van der Waals surface area contributed by atoms with E-state index in [-0.39, 0.29) is 5.41 Å². The third-order valence-corrected chi connectivity index (χ3v) is 4.55. The Kier molecular flexibility index (Phi) is 2.72. The average molecular weight is 222 g/mol. The van der Waals surface area contributed by atoms with Gasteiger partial charge >= 0.3 is 0 Å². The maximum absolute atomic E-state index is 11.9. The van der Waals surface area contributed by atoms with Crippen molar-refractivity contribution < 1.29 is 4.79 Å². The average Bonchev–Trinajstić information content (AvgIpc) is 2.49. The molecular weight excluding hydrogens is 204 g/mol. The van der Waals surface area contributed by atoms with Gasteiger partial charge in [-0.1, -0.05) is 20.8 Å². The molecule has 0 atom stereocenters. The van der Waals surface area contributed by atoms with Gasteiger partial charge in [-0.05, 0) is 36.3 Å². The van der Waals surface area contributed by atoms with Crippen LogP contribution in [0.2, 0.25) is 0 Å². The molecule has 1 aromatic heterocycles. The molecule has 2 heteroatoms. The van der Waals surface area contributed by atoms with Gasteiger partial charge in [-0.25, -0.2) is 0 Å². The summed E-state index contributed by atoms with van der Waals surface area (Å²) in [5, 5.41) is 0. The number of fused-ring (bicyclic) bond motifs is 1. The highest BCUT2D eigenvalue weighted by atomic mass is 32.1. The summed E-state index contributed by atoms with van der Waals surface area (Å²) in [5.74, 6) is 0.364. The highest BCUT2D eigenvalue weighted by Crippen LogP contribution is 2.35. The summed E-state index contributed by atoms with van der Waals surface area (Å²) in [6, 6.07) is 2.25. The summed E-state index contributed by atoms with van der Waals surface area (Å²) in [4.78, 5) is 14.2. The van der Waals surface area contributed by atoms with E-state index in [1.807, 2.05) is 0 Å². The van der Waals surface area contributed by atoms with E-state index in [9.17, 15) is 4.79 Å². The van der Waals surface area contributed by atoms with Crippen LogP contribution in [0.25, 0.3) is 0 Å². The van der Waals surface area contributed by atoms with Crippen LogP contribution in [0, 0.1) is 0 Å². The third-order valence-electron chi connectivity index (χ3n) is 2.90. The number of aryl methyl sites for hydroxylation is 1. The summed E-state index contributed by atoms with van der Waals surface area (Å²) in [6.45, 7) is 6.63. The first-order valence-electron chi connectivity index (χ1n) is 5.65. The molecule has 1 aromatic rings. The quantitative estimate of drug-likeness (QED) is 0.607. The second-order valence-electron chi connectivity index (χ2n) is 5.35. The van der Waals surface area contributed by atoms with E-state index in [0.717, 1.165) is 24.1 Å². The first kappa shape index (κ1) is 10.9. The normalized spacial score (nSPS) is 17.4. The Balaban J connectivity index is 2.42. The molecule has 0 aromatic carbocycles. The molecule has 15 heavy (non-hydrogen) atoms. The predicted molar refractivity (Wildman–Crippen MR) is 64.9 cm³/mol. The van der Waals surface area contributed by atoms with E-state index in [4.69, 9.17) is 0 Å². The molecule has 1 heterocycles. The zero-order valence-corrected chi connectivity index (χ0v) is 10.5. The van der Waals surface area contributed by atoms with Crippen LogP contribution in [0.4, 0.5) is 0 Å². The largest absolute Gasteiger partial charge is 0.293 e. The van der Waals surface area contributed by atoms with Crippen molar-refractivity contribution in [1.82, 2.24) is 0 Å². The Morgan fingerprint density at radius 3 is 2.53 bits per heavy atom. The highest BCUT2D eigenvalue weighted by Gasteiger charge is 2.23. The van der Waals surface area contributed by atoms with Crippen LogP contribution in [0.3, 0.4) is 0 Å². The molecule has 1 nitrogen and oxygen atoms in total. The number of carbonyl (C=O) groups excluding carboxylic acids is 1. The molecule has 0 spiro atoms. The number of hydrogen-bond acceptors (Lipinski definition) is 2. The van der Waals surface area contributed by atoms with Crippen LogP contribution in [-0.2, 0) is 11.8 Å². The van der Waals surface area contributed by atoms with Gasteiger partial charge < -0.3 is 0 Å². The van der Waals surface area contributed by atoms with Gasteiger partial charge in [-0.2, -0.15) is 0 Å². The summed E-state index contributed by atoms with van der Waals surface area (Å²) >= 11 is 1.71. The first-order chi connectivity index (χ1) is 6.98. The lowest BCUT2D eigenvalue weighted by Crippen LogP contribution is -2.08. The zero-order chi connectivity index (χ0) is 11.1. The number of thiophene rings is 1. The smallest absolute Gasteiger partial charge is 0.173 e. The lowest BCUT2D eigenvalue weighted by atomic mass is 9.93. The molecule has 2 rings (SSSR count). The van der Waals surface area contributed by atoms with Gasteiger partial charge in [0.05, 0.1) is 4.88 Å². The minimum absolute atomic E-state index is 0.178. The lowest BCUT2D eigenvalue weighted by Gasteiger charge is -2.15. The van der Waals surface area contributed by atoms with E-state index in [0.29, 0.717) is 5.78 Å². The van der Waals surface area contributed by atoms with E-state index >= 15 is 0 Å². The van der Waals surface area contributed by atoms with Crippen molar-refractivity contribution in [3.05, 3.63) is 21.4 Å². The minimum atomic E-state index is 0.178.